The smallest absolute Gasteiger partial charge is 0.254 e. The number of amides is 1. The van der Waals surface area contributed by atoms with E-state index >= 15 is 0 Å². The summed E-state index contributed by atoms with van der Waals surface area (Å²) in [5.41, 5.74) is 2.10. The van der Waals surface area contributed by atoms with Gasteiger partial charge in [0.05, 0.1) is 12.6 Å². The molecular weight excluding hydrogens is 312 g/mol. The molecule has 0 spiro atoms. The highest BCUT2D eigenvalue weighted by Crippen LogP contribution is 2.22. The van der Waals surface area contributed by atoms with Crippen LogP contribution in [0.2, 0.25) is 0 Å². The summed E-state index contributed by atoms with van der Waals surface area (Å²) in [6.45, 7) is 5.03. The van der Waals surface area contributed by atoms with Crippen molar-refractivity contribution in [3.63, 3.8) is 0 Å². The second-order valence-corrected chi connectivity index (χ2v) is 7.20. The maximum atomic E-state index is 12.9. The third-order valence-corrected chi connectivity index (χ3v) is 5.40. The van der Waals surface area contributed by atoms with Gasteiger partial charge < -0.3 is 4.90 Å². The predicted molar refractivity (Wildman–Crippen MR) is 97.2 cm³/mol. The normalized spacial score (nSPS) is 21.1. The fraction of sp³-hybridized carbons (Fsp3) is 0.500. The number of carbonyl (C=O) groups is 1. The lowest BCUT2D eigenvalue weighted by Crippen LogP contribution is -2.38. The summed E-state index contributed by atoms with van der Waals surface area (Å²) < 4.78 is 1.93. The van der Waals surface area contributed by atoms with Crippen LogP contribution in [0.1, 0.15) is 41.6 Å². The lowest BCUT2D eigenvalue weighted by molar-refractivity contribution is 0.0721. The van der Waals surface area contributed by atoms with E-state index < -0.39 is 0 Å². The van der Waals surface area contributed by atoms with Crippen molar-refractivity contribution >= 4 is 5.91 Å². The molecule has 0 saturated carbocycles. The molecule has 2 aliphatic heterocycles. The van der Waals surface area contributed by atoms with Gasteiger partial charge in [-0.2, -0.15) is 5.10 Å². The Morgan fingerprint density at radius 2 is 1.88 bits per heavy atom. The van der Waals surface area contributed by atoms with Crippen molar-refractivity contribution in [1.82, 2.24) is 19.6 Å². The van der Waals surface area contributed by atoms with Crippen molar-refractivity contribution in [2.75, 3.05) is 19.6 Å². The third kappa shape index (κ3) is 3.76. The van der Waals surface area contributed by atoms with Crippen LogP contribution in [0.4, 0.5) is 0 Å². The van der Waals surface area contributed by atoms with Gasteiger partial charge >= 0.3 is 0 Å². The highest BCUT2D eigenvalue weighted by Gasteiger charge is 2.29. The summed E-state index contributed by atoms with van der Waals surface area (Å²) in [6, 6.07) is 10.4. The molecule has 2 saturated heterocycles. The predicted octanol–water partition coefficient (Wildman–Crippen LogP) is 2.78. The fourth-order valence-electron chi connectivity index (χ4n) is 4.03. The molecule has 1 amide bonds. The largest absolute Gasteiger partial charge is 0.334 e. The molecule has 1 aromatic carbocycles. The number of benzene rings is 1. The van der Waals surface area contributed by atoms with Crippen molar-refractivity contribution in [1.29, 1.82) is 0 Å². The summed E-state index contributed by atoms with van der Waals surface area (Å²) in [6.07, 6.45) is 8.50. The van der Waals surface area contributed by atoms with Gasteiger partial charge in [0.25, 0.3) is 5.91 Å². The van der Waals surface area contributed by atoms with Gasteiger partial charge in [0.2, 0.25) is 0 Å². The monoisotopic (exact) mass is 338 g/mol. The number of nitrogens with zero attached hydrogens (tertiary/aromatic N) is 4. The van der Waals surface area contributed by atoms with Crippen molar-refractivity contribution in [2.45, 2.75) is 44.8 Å². The Morgan fingerprint density at radius 3 is 2.60 bits per heavy atom. The molecule has 0 aliphatic carbocycles. The highest BCUT2D eigenvalue weighted by molar-refractivity contribution is 5.94. The molecule has 3 heterocycles. The van der Waals surface area contributed by atoms with Gasteiger partial charge in [-0.05, 0) is 62.5 Å². The molecule has 2 aliphatic rings. The number of aromatic nitrogens is 2. The van der Waals surface area contributed by atoms with Crippen LogP contribution < -0.4 is 0 Å². The van der Waals surface area contributed by atoms with Gasteiger partial charge in [0.1, 0.15) is 0 Å². The van der Waals surface area contributed by atoms with E-state index in [9.17, 15) is 4.79 Å². The van der Waals surface area contributed by atoms with Gasteiger partial charge in [-0.15, -0.1) is 0 Å². The summed E-state index contributed by atoms with van der Waals surface area (Å²) >= 11 is 0. The van der Waals surface area contributed by atoms with Crippen LogP contribution in [0, 0.1) is 0 Å². The van der Waals surface area contributed by atoms with Crippen molar-refractivity contribution in [2.24, 2.45) is 0 Å². The Hall–Kier alpha value is -2.14. The van der Waals surface area contributed by atoms with Crippen molar-refractivity contribution in [3.05, 3.63) is 53.9 Å². The zero-order chi connectivity index (χ0) is 17.1. The molecule has 25 heavy (non-hydrogen) atoms. The zero-order valence-corrected chi connectivity index (χ0v) is 14.7. The minimum absolute atomic E-state index is 0.155. The summed E-state index contributed by atoms with van der Waals surface area (Å²) in [4.78, 5) is 17.4. The van der Waals surface area contributed by atoms with E-state index in [0.717, 1.165) is 38.0 Å². The zero-order valence-electron chi connectivity index (χ0n) is 14.7. The van der Waals surface area contributed by atoms with E-state index in [1.165, 1.54) is 31.5 Å². The lowest BCUT2D eigenvalue weighted by atomic mass is 10.1. The van der Waals surface area contributed by atoms with E-state index in [4.69, 9.17) is 0 Å². The Kier molecular flexibility index (Phi) is 4.83. The SMILES string of the molecule is O=C(c1ccc(CN2CCCC2)cc1)N1CCC[C@H]1Cn1cccn1. The number of hydrogen-bond donors (Lipinski definition) is 0. The molecule has 0 radical (unpaired) electrons. The maximum Gasteiger partial charge on any atom is 0.254 e. The summed E-state index contributed by atoms with van der Waals surface area (Å²) in [5.74, 6) is 0.155. The molecule has 0 N–H and O–H groups in total. The molecule has 1 aromatic heterocycles. The van der Waals surface area contributed by atoms with Gasteiger partial charge in [-0.3, -0.25) is 14.4 Å². The second kappa shape index (κ2) is 7.40. The lowest BCUT2D eigenvalue weighted by Gasteiger charge is -2.25. The van der Waals surface area contributed by atoms with E-state index in [-0.39, 0.29) is 11.9 Å². The summed E-state index contributed by atoms with van der Waals surface area (Å²) in [7, 11) is 0. The van der Waals surface area contributed by atoms with Crippen molar-refractivity contribution < 1.29 is 4.79 Å². The summed E-state index contributed by atoms with van der Waals surface area (Å²) in [5, 5.41) is 4.28. The molecule has 0 unspecified atom stereocenters. The Labute approximate surface area is 149 Å². The Bertz CT molecular complexity index is 689. The van der Waals surface area contributed by atoms with Crippen LogP contribution in [0.5, 0.6) is 0 Å². The quantitative estimate of drug-likeness (QED) is 0.842. The molecule has 1 atom stereocenters. The minimum atomic E-state index is 0.155. The molecule has 5 nitrogen and oxygen atoms in total. The van der Waals surface area contributed by atoms with Gasteiger partial charge in [-0.1, -0.05) is 12.1 Å². The molecule has 5 heteroatoms. The van der Waals surface area contributed by atoms with Crippen LogP contribution in [-0.2, 0) is 13.1 Å². The number of likely N-dealkylation sites (tertiary alicyclic amines) is 2. The Balaban J connectivity index is 1.40. The number of carbonyl (C=O) groups excluding carboxylic acids is 1. The second-order valence-electron chi connectivity index (χ2n) is 7.20. The van der Waals surface area contributed by atoms with Crippen LogP contribution in [0.3, 0.4) is 0 Å². The number of rotatable bonds is 5. The molecule has 132 valence electrons. The first-order valence-electron chi connectivity index (χ1n) is 9.39. The average molecular weight is 338 g/mol. The molecular formula is C20H26N4O. The van der Waals surface area contributed by atoms with E-state index in [1.807, 2.05) is 34.0 Å². The standard InChI is InChI=1S/C20H26N4O/c25-20(24-14-3-5-19(24)16-23-13-4-10-21-23)18-8-6-17(7-9-18)15-22-11-1-2-12-22/h4,6-10,13,19H,1-3,5,11-12,14-16H2/t19-/m0/s1. The fourth-order valence-corrected chi connectivity index (χ4v) is 4.03. The average Bonchev–Trinajstić information content (AvgIpc) is 3.38. The van der Waals surface area contributed by atoms with Crippen LogP contribution in [0.15, 0.2) is 42.7 Å². The first-order valence-corrected chi connectivity index (χ1v) is 9.39. The highest BCUT2D eigenvalue weighted by atomic mass is 16.2. The molecule has 2 aromatic rings. The van der Waals surface area contributed by atoms with Gasteiger partial charge in [0.15, 0.2) is 0 Å². The number of hydrogen-bond acceptors (Lipinski definition) is 3. The third-order valence-electron chi connectivity index (χ3n) is 5.40. The van der Waals surface area contributed by atoms with Crippen LogP contribution >= 0.6 is 0 Å². The van der Waals surface area contributed by atoms with E-state index in [0.29, 0.717) is 0 Å². The topological polar surface area (TPSA) is 41.4 Å². The van der Waals surface area contributed by atoms with Gasteiger partial charge in [0, 0.05) is 31.0 Å². The molecule has 4 rings (SSSR count). The molecule has 2 fully saturated rings. The first kappa shape index (κ1) is 16.3. The van der Waals surface area contributed by atoms with Crippen molar-refractivity contribution in [3.8, 4) is 0 Å². The van der Waals surface area contributed by atoms with Crippen LogP contribution in [-0.4, -0.2) is 51.2 Å². The van der Waals surface area contributed by atoms with Crippen LogP contribution in [0.25, 0.3) is 0 Å². The minimum Gasteiger partial charge on any atom is -0.334 e. The van der Waals surface area contributed by atoms with E-state index in [1.54, 1.807) is 6.20 Å². The van der Waals surface area contributed by atoms with Gasteiger partial charge in [-0.25, -0.2) is 0 Å². The maximum absolute atomic E-state index is 12.9. The first-order chi connectivity index (χ1) is 12.3. The Morgan fingerprint density at radius 1 is 1.08 bits per heavy atom. The van der Waals surface area contributed by atoms with E-state index in [2.05, 4.69) is 22.1 Å². The molecule has 0 bridgehead atoms.